The number of halogens is 2. The molecule has 0 aromatic heterocycles. The maximum Gasteiger partial charge on any atom is 0.229 e. The molecule has 20 heavy (non-hydrogen) atoms. The van der Waals surface area contributed by atoms with Crippen molar-refractivity contribution in [3.8, 4) is 0 Å². The lowest BCUT2D eigenvalue weighted by Crippen LogP contribution is -2.53. The Balaban J connectivity index is 0.00000147. The summed E-state index contributed by atoms with van der Waals surface area (Å²) < 4.78 is 0. The molecule has 1 aliphatic heterocycles. The third-order valence-electron chi connectivity index (χ3n) is 4.10. The second-order valence-corrected chi connectivity index (χ2v) is 6.00. The molecule has 3 nitrogen and oxygen atoms in total. The molecule has 3 rings (SSSR count). The Morgan fingerprint density at radius 1 is 1.30 bits per heavy atom. The van der Waals surface area contributed by atoms with Crippen molar-refractivity contribution in [2.45, 2.75) is 31.8 Å². The number of hydrogen-bond acceptors (Lipinski definition) is 2. The van der Waals surface area contributed by atoms with Crippen molar-refractivity contribution >= 4 is 29.9 Å². The Labute approximate surface area is 131 Å². The van der Waals surface area contributed by atoms with Crippen LogP contribution in [0.15, 0.2) is 24.3 Å². The Bertz CT molecular complexity index is 469. The minimum absolute atomic E-state index is 0. The summed E-state index contributed by atoms with van der Waals surface area (Å²) in [5, 5.41) is 3.92. The van der Waals surface area contributed by atoms with Gasteiger partial charge in [-0.2, -0.15) is 0 Å². The van der Waals surface area contributed by atoms with Gasteiger partial charge in [0.15, 0.2) is 0 Å². The molecule has 1 N–H and O–H groups in total. The monoisotopic (exact) mass is 314 g/mol. The fourth-order valence-corrected chi connectivity index (χ4v) is 2.74. The van der Waals surface area contributed by atoms with E-state index < -0.39 is 0 Å². The smallest absolute Gasteiger partial charge is 0.229 e. The van der Waals surface area contributed by atoms with E-state index in [1.807, 2.05) is 24.3 Å². The number of carbonyl (C=O) groups is 1. The van der Waals surface area contributed by atoms with Gasteiger partial charge in [-0.05, 0) is 37.5 Å². The lowest BCUT2D eigenvalue weighted by Gasteiger charge is -2.36. The van der Waals surface area contributed by atoms with Crippen LogP contribution in [-0.4, -0.2) is 29.9 Å². The lowest BCUT2D eigenvalue weighted by atomic mass is 9.99. The number of benzene rings is 1. The molecule has 0 bridgehead atoms. The summed E-state index contributed by atoms with van der Waals surface area (Å²) in [7, 11) is 0. The molecule has 1 aromatic rings. The molecule has 1 aromatic carbocycles. The molecule has 1 aliphatic carbocycles. The minimum atomic E-state index is 0. The van der Waals surface area contributed by atoms with Crippen LogP contribution in [0, 0.1) is 5.92 Å². The molecule has 0 spiro atoms. The number of rotatable bonds is 4. The van der Waals surface area contributed by atoms with Gasteiger partial charge in [0.2, 0.25) is 5.91 Å². The SMILES string of the molecule is CC(c1ccc(Cl)cc1)N(C(=O)C1CNC1)C1CC1.Cl. The molecule has 1 atom stereocenters. The summed E-state index contributed by atoms with van der Waals surface area (Å²) in [6.07, 6.45) is 2.29. The highest BCUT2D eigenvalue weighted by molar-refractivity contribution is 6.30. The summed E-state index contributed by atoms with van der Waals surface area (Å²) >= 11 is 5.93. The Morgan fingerprint density at radius 2 is 1.90 bits per heavy atom. The first-order chi connectivity index (χ1) is 9.16. The number of carbonyl (C=O) groups excluding carboxylic acids is 1. The van der Waals surface area contributed by atoms with Crippen molar-refractivity contribution in [1.82, 2.24) is 10.2 Å². The number of nitrogens with one attached hydrogen (secondary N) is 1. The highest BCUT2D eigenvalue weighted by Gasteiger charge is 2.40. The van der Waals surface area contributed by atoms with Crippen LogP contribution in [0.4, 0.5) is 0 Å². The molecule has 1 saturated carbocycles. The van der Waals surface area contributed by atoms with Gasteiger partial charge in [-0.15, -0.1) is 12.4 Å². The van der Waals surface area contributed by atoms with E-state index in [0.717, 1.165) is 36.5 Å². The van der Waals surface area contributed by atoms with Gasteiger partial charge >= 0.3 is 0 Å². The van der Waals surface area contributed by atoms with Crippen LogP contribution in [0.5, 0.6) is 0 Å². The predicted molar refractivity (Wildman–Crippen MR) is 83.3 cm³/mol. The number of nitrogens with zero attached hydrogens (tertiary/aromatic N) is 1. The summed E-state index contributed by atoms with van der Waals surface area (Å²) in [6, 6.07) is 8.42. The van der Waals surface area contributed by atoms with E-state index in [0.29, 0.717) is 11.9 Å². The first kappa shape index (κ1) is 15.6. The van der Waals surface area contributed by atoms with Crippen LogP contribution >= 0.6 is 24.0 Å². The van der Waals surface area contributed by atoms with E-state index >= 15 is 0 Å². The fourth-order valence-electron chi connectivity index (χ4n) is 2.62. The average Bonchev–Trinajstić information content (AvgIpc) is 3.12. The van der Waals surface area contributed by atoms with Crippen LogP contribution in [0.3, 0.4) is 0 Å². The summed E-state index contributed by atoms with van der Waals surface area (Å²) in [5.41, 5.74) is 1.16. The standard InChI is InChI=1S/C15H19ClN2O.ClH/c1-10(11-2-4-13(16)5-3-11)18(14-6-7-14)15(19)12-8-17-9-12;/h2-5,10,12,14,17H,6-9H2,1H3;1H. The van der Waals surface area contributed by atoms with Crippen molar-refractivity contribution in [2.75, 3.05) is 13.1 Å². The first-order valence-corrected chi connectivity index (χ1v) is 7.33. The Hall–Kier alpha value is -0.770. The normalized spacial score (nSPS) is 19.7. The third-order valence-corrected chi connectivity index (χ3v) is 4.35. The molecule has 2 aliphatic rings. The predicted octanol–water partition coefficient (Wildman–Crippen LogP) is 3.03. The van der Waals surface area contributed by atoms with Gasteiger partial charge in [0.05, 0.1) is 12.0 Å². The van der Waals surface area contributed by atoms with Crippen LogP contribution in [0.2, 0.25) is 5.02 Å². The van der Waals surface area contributed by atoms with Crippen molar-refractivity contribution in [3.63, 3.8) is 0 Å². The average molecular weight is 315 g/mol. The van der Waals surface area contributed by atoms with E-state index in [9.17, 15) is 4.79 Å². The van der Waals surface area contributed by atoms with Crippen molar-refractivity contribution in [3.05, 3.63) is 34.9 Å². The van der Waals surface area contributed by atoms with Gasteiger partial charge in [0.1, 0.15) is 0 Å². The van der Waals surface area contributed by atoms with Crippen molar-refractivity contribution < 1.29 is 4.79 Å². The third kappa shape index (κ3) is 3.11. The zero-order valence-corrected chi connectivity index (χ0v) is 13.1. The summed E-state index contributed by atoms with van der Waals surface area (Å²) in [5.74, 6) is 0.485. The molecular weight excluding hydrogens is 295 g/mol. The largest absolute Gasteiger partial charge is 0.333 e. The van der Waals surface area contributed by atoms with E-state index in [2.05, 4.69) is 17.1 Å². The maximum absolute atomic E-state index is 12.5. The van der Waals surface area contributed by atoms with Gasteiger partial charge in [-0.3, -0.25) is 4.79 Å². The second kappa shape index (κ2) is 6.33. The second-order valence-electron chi connectivity index (χ2n) is 5.56. The number of amides is 1. The number of hydrogen-bond donors (Lipinski definition) is 1. The zero-order chi connectivity index (χ0) is 13.4. The molecule has 2 fully saturated rings. The van der Waals surface area contributed by atoms with Crippen LogP contribution in [0.25, 0.3) is 0 Å². The van der Waals surface area contributed by atoms with E-state index in [1.54, 1.807) is 0 Å². The molecule has 1 unspecified atom stereocenters. The fraction of sp³-hybridized carbons (Fsp3) is 0.533. The van der Waals surface area contributed by atoms with E-state index in [4.69, 9.17) is 11.6 Å². The van der Waals surface area contributed by atoms with Crippen molar-refractivity contribution in [1.29, 1.82) is 0 Å². The van der Waals surface area contributed by atoms with Gasteiger partial charge in [0, 0.05) is 24.2 Å². The topological polar surface area (TPSA) is 32.3 Å². The molecule has 110 valence electrons. The molecular formula is C15H20Cl2N2O. The Morgan fingerprint density at radius 3 is 2.35 bits per heavy atom. The molecule has 1 saturated heterocycles. The highest BCUT2D eigenvalue weighted by Crippen LogP contribution is 2.36. The van der Waals surface area contributed by atoms with Gasteiger partial charge in [-0.25, -0.2) is 0 Å². The summed E-state index contributed by atoms with van der Waals surface area (Å²) in [6.45, 7) is 3.77. The van der Waals surface area contributed by atoms with Gasteiger partial charge in [-0.1, -0.05) is 23.7 Å². The molecule has 5 heteroatoms. The molecule has 1 amide bonds. The van der Waals surface area contributed by atoms with Gasteiger partial charge in [0.25, 0.3) is 0 Å². The zero-order valence-electron chi connectivity index (χ0n) is 11.5. The molecule has 1 heterocycles. The van der Waals surface area contributed by atoms with Crippen LogP contribution < -0.4 is 5.32 Å². The maximum atomic E-state index is 12.5. The lowest BCUT2D eigenvalue weighted by molar-refractivity contribution is -0.140. The quantitative estimate of drug-likeness (QED) is 0.926. The summed E-state index contributed by atoms with van der Waals surface area (Å²) in [4.78, 5) is 14.6. The van der Waals surface area contributed by atoms with Gasteiger partial charge < -0.3 is 10.2 Å². The molecule has 0 radical (unpaired) electrons. The van der Waals surface area contributed by atoms with E-state index in [1.165, 1.54) is 0 Å². The first-order valence-electron chi connectivity index (χ1n) is 6.95. The Kier molecular flexibility index (Phi) is 4.95. The minimum Gasteiger partial charge on any atom is -0.333 e. The highest BCUT2D eigenvalue weighted by atomic mass is 35.5. The van der Waals surface area contributed by atoms with Crippen molar-refractivity contribution in [2.24, 2.45) is 5.92 Å². The van der Waals surface area contributed by atoms with E-state index in [-0.39, 0.29) is 24.4 Å². The van der Waals surface area contributed by atoms with Crippen LogP contribution in [0.1, 0.15) is 31.4 Å². The van der Waals surface area contributed by atoms with Crippen LogP contribution in [-0.2, 0) is 4.79 Å².